The number of para-hydroxylation sites is 1. The summed E-state index contributed by atoms with van der Waals surface area (Å²) in [5, 5.41) is 18.6. The van der Waals surface area contributed by atoms with Gasteiger partial charge in [0.05, 0.1) is 4.92 Å². The Labute approximate surface area is 118 Å². The molecule has 3 aromatic rings. The topological polar surface area (TPSA) is 82.1 Å². The maximum Gasteiger partial charge on any atom is 0.282 e. The summed E-state index contributed by atoms with van der Waals surface area (Å²) in [6.07, 6.45) is 0. The molecule has 0 aliphatic rings. The first-order valence-corrected chi connectivity index (χ1v) is 5.98. The highest BCUT2D eigenvalue weighted by Crippen LogP contribution is 2.30. The molecular formula is C14H8FN3O3. The van der Waals surface area contributed by atoms with E-state index in [0.717, 1.165) is 0 Å². The zero-order valence-electron chi connectivity index (χ0n) is 10.6. The van der Waals surface area contributed by atoms with Gasteiger partial charge in [-0.15, -0.1) is 10.2 Å². The molecule has 0 unspecified atom stereocenters. The fourth-order valence-electron chi connectivity index (χ4n) is 1.85. The van der Waals surface area contributed by atoms with Crippen LogP contribution in [0, 0.1) is 15.9 Å². The number of hydrogen-bond acceptors (Lipinski definition) is 5. The van der Waals surface area contributed by atoms with Crippen LogP contribution in [0.4, 0.5) is 10.1 Å². The van der Waals surface area contributed by atoms with Gasteiger partial charge in [-0.05, 0) is 30.3 Å². The molecule has 0 aliphatic carbocycles. The van der Waals surface area contributed by atoms with Gasteiger partial charge < -0.3 is 4.42 Å². The van der Waals surface area contributed by atoms with Gasteiger partial charge in [0.1, 0.15) is 11.4 Å². The van der Waals surface area contributed by atoms with Crippen molar-refractivity contribution < 1.29 is 13.7 Å². The Hall–Kier alpha value is -3.09. The summed E-state index contributed by atoms with van der Waals surface area (Å²) in [5.74, 6) is -0.165. The lowest BCUT2D eigenvalue weighted by atomic mass is 10.2. The van der Waals surface area contributed by atoms with E-state index in [1.54, 1.807) is 12.1 Å². The van der Waals surface area contributed by atoms with Crippen LogP contribution < -0.4 is 0 Å². The van der Waals surface area contributed by atoms with Gasteiger partial charge in [-0.1, -0.05) is 12.1 Å². The van der Waals surface area contributed by atoms with Gasteiger partial charge in [0.2, 0.25) is 5.89 Å². The van der Waals surface area contributed by atoms with Crippen molar-refractivity contribution in [1.29, 1.82) is 0 Å². The van der Waals surface area contributed by atoms with Crippen LogP contribution in [0.2, 0.25) is 0 Å². The molecular weight excluding hydrogens is 277 g/mol. The summed E-state index contributed by atoms with van der Waals surface area (Å²) in [4.78, 5) is 10.5. The van der Waals surface area contributed by atoms with Crippen molar-refractivity contribution in [3.05, 3.63) is 64.5 Å². The molecule has 7 heteroatoms. The molecule has 0 atom stereocenters. The lowest BCUT2D eigenvalue weighted by Gasteiger charge is -1.97. The smallest absolute Gasteiger partial charge is 0.282 e. The summed E-state index contributed by atoms with van der Waals surface area (Å²) in [6, 6.07) is 11.6. The van der Waals surface area contributed by atoms with Gasteiger partial charge in [0, 0.05) is 11.6 Å². The number of aromatic nitrogens is 2. The van der Waals surface area contributed by atoms with Crippen molar-refractivity contribution in [3.63, 3.8) is 0 Å². The van der Waals surface area contributed by atoms with Crippen molar-refractivity contribution in [2.75, 3.05) is 0 Å². The van der Waals surface area contributed by atoms with E-state index in [0.29, 0.717) is 5.56 Å². The normalized spacial score (nSPS) is 10.5. The van der Waals surface area contributed by atoms with E-state index in [4.69, 9.17) is 4.42 Å². The quantitative estimate of drug-likeness (QED) is 0.543. The highest BCUT2D eigenvalue weighted by atomic mass is 19.1. The number of nitro groups is 1. The number of halogens is 1. The third-order valence-corrected chi connectivity index (χ3v) is 2.85. The van der Waals surface area contributed by atoms with Gasteiger partial charge in [-0.3, -0.25) is 10.1 Å². The van der Waals surface area contributed by atoms with E-state index in [1.807, 2.05) is 0 Å². The first-order valence-electron chi connectivity index (χ1n) is 5.98. The fourth-order valence-corrected chi connectivity index (χ4v) is 1.85. The van der Waals surface area contributed by atoms with Gasteiger partial charge in [0.25, 0.3) is 11.6 Å². The van der Waals surface area contributed by atoms with Gasteiger partial charge in [0.15, 0.2) is 0 Å². The van der Waals surface area contributed by atoms with Crippen LogP contribution in [0.1, 0.15) is 0 Å². The molecule has 21 heavy (non-hydrogen) atoms. The van der Waals surface area contributed by atoms with Crippen LogP contribution in [-0.2, 0) is 0 Å². The number of rotatable bonds is 3. The fraction of sp³-hybridized carbons (Fsp3) is 0. The largest absolute Gasteiger partial charge is 0.416 e. The van der Waals surface area contributed by atoms with Crippen LogP contribution in [-0.4, -0.2) is 15.1 Å². The van der Waals surface area contributed by atoms with Gasteiger partial charge in [-0.25, -0.2) is 4.39 Å². The molecule has 6 nitrogen and oxygen atoms in total. The third kappa shape index (κ3) is 2.48. The summed E-state index contributed by atoms with van der Waals surface area (Å²) in [6.45, 7) is 0. The Morgan fingerprint density at radius 2 is 1.67 bits per heavy atom. The van der Waals surface area contributed by atoms with E-state index in [1.165, 1.54) is 36.4 Å². The first kappa shape index (κ1) is 12.9. The number of nitro benzene ring substituents is 1. The van der Waals surface area contributed by atoms with E-state index < -0.39 is 4.92 Å². The van der Waals surface area contributed by atoms with Crippen LogP contribution in [0.25, 0.3) is 22.9 Å². The average molecular weight is 285 g/mol. The zero-order chi connectivity index (χ0) is 14.8. The van der Waals surface area contributed by atoms with Crippen molar-refractivity contribution in [2.45, 2.75) is 0 Å². The SMILES string of the molecule is O=[N+]([O-])c1ccccc1-c1nnc(-c2ccc(F)cc2)o1. The second-order valence-electron chi connectivity index (χ2n) is 4.19. The third-order valence-electron chi connectivity index (χ3n) is 2.85. The van der Waals surface area contributed by atoms with Crippen LogP contribution in [0.3, 0.4) is 0 Å². The molecule has 2 aromatic carbocycles. The second-order valence-corrected chi connectivity index (χ2v) is 4.19. The highest BCUT2D eigenvalue weighted by molar-refractivity contribution is 5.67. The minimum atomic E-state index is -0.517. The Morgan fingerprint density at radius 1 is 1.00 bits per heavy atom. The predicted octanol–water partition coefficient (Wildman–Crippen LogP) is 3.45. The van der Waals surface area contributed by atoms with Gasteiger partial charge in [-0.2, -0.15) is 0 Å². The Bertz CT molecular complexity index is 799. The maximum atomic E-state index is 12.9. The molecule has 0 spiro atoms. The average Bonchev–Trinajstić information content (AvgIpc) is 2.97. The van der Waals surface area contributed by atoms with Crippen LogP contribution in [0.5, 0.6) is 0 Å². The number of benzene rings is 2. The molecule has 0 aliphatic heterocycles. The second kappa shape index (κ2) is 5.12. The lowest BCUT2D eigenvalue weighted by molar-refractivity contribution is -0.384. The van der Waals surface area contributed by atoms with E-state index in [-0.39, 0.29) is 28.8 Å². The molecule has 1 heterocycles. The Morgan fingerprint density at radius 3 is 2.38 bits per heavy atom. The Balaban J connectivity index is 2.03. The van der Waals surface area contributed by atoms with Crippen LogP contribution >= 0.6 is 0 Å². The molecule has 0 bridgehead atoms. The Kier molecular flexibility index (Phi) is 3.15. The first-order chi connectivity index (χ1) is 10.1. The molecule has 0 radical (unpaired) electrons. The minimum Gasteiger partial charge on any atom is -0.416 e. The van der Waals surface area contributed by atoms with Gasteiger partial charge >= 0.3 is 0 Å². The molecule has 0 saturated heterocycles. The molecule has 3 rings (SSSR count). The van der Waals surface area contributed by atoms with Crippen LogP contribution in [0.15, 0.2) is 52.9 Å². The standard InChI is InChI=1S/C14H8FN3O3/c15-10-7-5-9(6-8-10)13-16-17-14(21-13)11-3-1-2-4-12(11)18(19)20/h1-8H. The summed E-state index contributed by atoms with van der Waals surface area (Å²) < 4.78 is 18.3. The molecule has 0 N–H and O–H groups in total. The molecule has 104 valence electrons. The zero-order valence-corrected chi connectivity index (χ0v) is 10.6. The van der Waals surface area contributed by atoms with E-state index in [9.17, 15) is 14.5 Å². The van der Waals surface area contributed by atoms with Crippen molar-refractivity contribution in [2.24, 2.45) is 0 Å². The van der Waals surface area contributed by atoms with E-state index in [2.05, 4.69) is 10.2 Å². The summed E-state index contributed by atoms with van der Waals surface area (Å²) in [7, 11) is 0. The number of nitrogens with zero attached hydrogens (tertiary/aromatic N) is 3. The predicted molar refractivity (Wildman–Crippen MR) is 71.8 cm³/mol. The number of hydrogen-bond donors (Lipinski definition) is 0. The lowest BCUT2D eigenvalue weighted by Crippen LogP contribution is -1.91. The van der Waals surface area contributed by atoms with Crippen molar-refractivity contribution in [3.8, 4) is 22.9 Å². The van der Waals surface area contributed by atoms with E-state index >= 15 is 0 Å². The molecule has 0 amide bonds. The maximum absolute atomic E-state index is 12.9. The monoisotopic (exact) mass is 285 g/mol. The molecule has 1 aromatic heterocycles. The summed E-state index contributed by atoms with van der Waals surface area (Å²) in [5.41, 5.74) is 0.656. The molecule has 0 fully saturated rings. The van der Waals surface area contributed by atoms with Crippen molar-refractivity contribution in [1.82, 2.24) is 10.2 Å². The minimum absolute atomic E-state index is 0.0432. The summed E-state index contributed by atoms with van der Waals surface area (Å²) >= 11 is 0. The highest BCUT2D eigenvalue weighted by Gasteiger charge is 2.19. The van der Waals surface area contributed by atoms with Crippen molar-refractivity contribution >= 4 is 5.69 Å². The molecule has 0 saturated carbocycles.